The standard InChI is InChI=1S/C15H21N3/c1-3-5-13-6-8-14(9-7-13)17-12-15-16-10-11-18(15)4-2/h6-11,17H,3-5,12H2,1-2H3. The normalized spacial score (nSPS) is 10.6. The van der Waals surface area contributed by atoms with E-state index in [1.54, 1.807) is 0 Å². The molecule has 0 unspecified atom stereocenters. The molecule has 0 amide bonds. The van der Waals surface area contributed by atoms with E-state index in [2.05, 4.69) is 53.0 Å². The minimum absolute atomic E-state index is 0.772. The third-order valence-corrected chi connectivity index (χ3v) is 3.09. The van der Waals surface area contributed by atoms with E-state index in [9.17, 15) is 0 Å². The summed E-state index contributed by atoms with van der Waals surface area (Å²) < 4.78 is 2.15. The topological polar surface area (TPSA) is 29.9 Å². The molecule has 0 saturated carbocycles. The summed E-state index contributed by atoms with van der Waals surface area (Å²) in [5, 5.41) is 3.41. The minimum Gasteiger partial charge on any atom is -0.378 e. The number of aryl methyl sites for hydroxylation is 2. The van der Waals surface area contributed by atoms with Crippen molar-refractivity contribution in [2.24, 2.45) is 0 Å². The molecule has 2 aromatic rings. The SMILES string of the molecule is CCCc1ccc(NCc2nccn2CC)cc1. The molecule has 1 heterocycles. The Labute approximate surface area is 109 Å². The molecular weight excluding hydrogens is 222 g/mol. The van der Waals surface area contributed by atoms with Crippen LogP contribution in [0.15, 0.2) is 36.7 Å². The molecule has 1 N–H and O–H groups in total. The van der Waals surface area contributed by atoms with E-state index in [1.807, 2.05) is 12.4 Å². The fourth-order valence-electron chi connectivity index (χ4n) is 2.05. The molecule has 0 bridgehead atoms. The molecule has 3 nitrogen and oxygen atoms in total. The Morgan fingerprint density at radius 1 is 1.17 bits per heavy atom. The second kappa shape index (κ2) is 6.24. The first-order valence-corrected chi connectivity index (χ1v) is 6.66. The zero-order chi connectivity index (χ0) is 12.8. The molecule has 18 heavy (non-hydrogen) atoms. The van der Waals surface area contributed by atoms with E-state index < -0.39 is 0 Å². The number of anilines is 1. The van der Waals surface area contributed by atoms with Gasteiger partial charge in [0.2, 0.25) is 0 Å². The predicted molar refractivity (Wildman–Crippen MR) is 75.7 cm³/mol. The largest absolute Gasteiger partial charge is 0.378 e. The van der Waals surface area contributed by atoms with Gasteiger partial charge in [-0.1, -0.05) is 25.5 Å². The molecule has 96 valence electrons. The van der Waals surface area contributed by atoms with Crippen LogP contribution in [0.25, 0.3) is 0 Å². The van der Waals surface area contributed by atoms with Crippen molar-refractivity contribution >= 4 is 5.69 Å². The number of nitrogens with one attached hydrogen (secondary N) is 1. The quantitative estimate of drug-likeness (QED) is 0.842. The summed E-state index contributed by atoms with van der Waals surface area (Å²) in [6, 6.07) is 8.67. The van der Waals surface area contributed by atoms with Gasteiger partial charge in [0, 0.05) is 24.6 Å². The molecule has 1 aromatic carbocycles. The highest BCUT2D eigenvalue weighted by Gasteiger charge is 2.00. The zero-order valence-corrected chi connectivity index (χ0v) is 11.2. The summed E-state index contributed by atoms with van der Waals surface area (Å²) >= 11 is 0. The van der Waals surface area contributed by atoms with Crippen molar-refractivity contribution in [2.75, 3.05) is 5.32 Å². The van der Waals surface area contributed by atoms with Crippen LogP contribution in [0, 0.1) is 0 Å². The van der Waals surface area contributed by atoms with E-state index >= 15 is 0 Å². The van der Waals surface area contributed by atoms with Crippen LogP contribution in [-0.2, 0) is 19.5 Å². The number of hydrogen-bond donors (Lipinski definition) is 1. The number of aromatic nitrogens is 2. The predicted octanol–water partition coefficient (Wildman–Crippen LogP) is 3.47. The van der Waals surface area contributed by atoms with Gasteiger partial charge in [-0.3, -0.25) is 0 Å². The Morgan fingerprint density at radius 3 is 2.61 bits per heavy atom. The van der Waals surface area contributed by atoms with E-state index in [1.165, 1.54) is 12.0 Å². The Kier molecular flexibility index (Phi) is 4.40. The van der Waals surface area contributed by atoms with Crippen LogP contribution in [0.4, 0.5) is 5.69 Å². The lowest BCUT2D eigenvalue weighted by atomic mass is 10.1. The number of hydrogen-bond acceptors (Lipinski definition) is 2. The van der Waals surface area contributed by atoms with E-state index in [0.717, 1.165) is 31.0 Å². The molecule has 0 radical (unpaired) electrons. The summed E-state index contributed by atoms with van der Waals surface area (Å²) in [4.78, 5) is 4.35. The third kappa shape index (κ3) is 3.13. The van der Waals surface area contributed by atoms with Gasteiger partial charge in [0.15, 0.2) is 0 Å². The number of imidazole rings is 1. The van der Waals surface area contributed by atoms with Gasteiger partial charge in [-0.05, 0) is 31.0 Å². The first kappa shape index (κ1) is 12.7. The van der Waals surface area contributed by atoms with Crippen LogP contribution in [0.3, 0.4) is 0 Å². The van der Waals surface area contributed by atoms with Crippen LogP contribution in [0.5, 0.6) is 0 Å². The molecule has 1 aromatic heterocycles. The molecule has 0 aliphatic rings. The fraction of sp³-hybridized carbons (Fsp3) is 0.400. The molecule has 2 rings (SSSR count). The lowest BCUT2D eigenvalue weighted by Crippen LogP contribution is -2.07. The van der Waals surface area contributed by atoms with E-state index in [-0.39, 0.29) is 0 Å². The molecule has 0 aliphatic heterocycles. The maximum atomic E-state index is 4.35. The van der Waals surface area contributed by atoms with Gasteiger partial charge in [0.25, 0.3) is 0 Å². The van der Waals surface area contributed by atoms with Crippen molar-refractivity contribution in [2.45, 2.75) is 39.8 Å². The van der Waals surface area contributed by atoms with E-state index in [0.29, 0.717) is 0 Å². The summed E-state index contributed by atoms with van der Waals surface area (Å²) in [6.45, 7) is 6.07. The summed E-state index contributed by atoms with van der Waals surface area (Å²) in [6.07, 6.45) is 6.22. The van der Waals surface area contributed by atoms with Crippen LogP contribution in [0.1, 0.15) is 31.7 Å². The van der Waals surface area contributed by atoms with Crippen molar-refractivity contribution in [3.05, 3.63) is 48.0 Å². The summed E-state index contributed by atoms with van der Waals surface area (Å²) in [7, 11) is 0. The Morgan fingerprint density at radius 2 is 1.94 bits per heavy atom. The molecule has 0 saturated heterocycles. The molecule has 0 aliphatic carbocycles. The van der Waals surface area contributed by atoms with Gasteiger partial charge in [-0.15, -0.1) is 0 Å². The number of rotatable bonds is 6. The summed E-state index contributed by atoms with van der Waals surface area (Å²) in [5.41, 5.74) is 2.55. The molecule has 0 fully saturated rings. The van der Waals surface area contributed by atoms with Crippen LogP contribution in [0.2, 0.25) is 0 Å². The van der Waals surface area contributed by atoms with E-state index in [4.69, 9.17) is 0 Å². The number of benzene rings is 1. The van der Waals surface area contributed by atoms with Crippen LogP contribution < -0.4 is 5.32 Å². The lowest BCUT2D eigenvalue weighted by molar-refractivity contribution is 0.708. The first-order chi connectivity index (χ1) is 8.83. The Bertz CT molecular complexity index is 471. The van der Waals surface area contributed by atoms with Gasteiger partial charge in [-0.2, -0.15) is 0 Å². The summed E-state index contributed by atoms with van der Waals surface area (Å²) in [5.74, 6) is 1.08. The fourth-order valence-corrected chi connectivity index (χ4v) is 2.05. The molecule has 3 heteroatoms. The van der Waals surface area contributed by atoms with Gasteiger partial charge < -0.3 is 9.88 Å². The maximum Gasteiger partial charge on any atom is 0.128 e. The second-order valence-corrected chi connectivity index (χ2v) is 4.43. The molecule has 0 atom stereocenters. The van der Waals surface area contributed by atoms with Gasteiger partial charge in [0.05, 0.1) is 6.54 Å². The van der Waals surface area contributed by atoms with Crippen molar-refractivity contribution < 1.29 is 0 Å². The first-order valence-electron chi connectivity index (χ1n) is 6.66. The molecular formula is C15H21N3. The monoisotopic (exact) mass is 243 g/mol. The molecule has 0 spiro atoms. The Hall–Kier alpha value is -1.77. The highest BCUT2D eigenvalue weighted by atomic mass is 15.1. The average Bonchev–Trinajstić information content (AvgIpc) is 2.86. The van der Waals surface area contributed by atoms with Gasteiger partial charge in [-0.25, -0.2) is 4.98 Å². The van der Waals surface area contributed by atoms with Gasteiger partial charge >= 0.3 is 0 Å². The second-order valence-electron chi connectivity index (χ2n) is 4.43. The third-order valence-electron chi connectivity index (χ3n) is 3.09. The van der Waals surface area contributed by atoms with Crippen molar-refractivity contribution in [1.82, 2.24) is 9.55 Å². The highest BCUT2D eigenvalue weighted by Crippen LogP contribution is 2.12. The zero-order valence-electron chi connectivity index (χ0n) is 11.2. The number of nitrogens with zero attached hydrogens (tertiary/aromatic N) is 2. The van der Waals surface area contributed by atoms with Crippen molar-refractivity contribution in [3.8, 4) is 0 Å². The minimum atomic E-state index is 0.772. The van der Waals surface area contributed by atoms with Crippen molar-refractivity contribution in [3.63, 3.8) is 0 Å². The van der Waals surface area contributed by atoms with Crippen molar-refractivity contribution in [1.29, 1.82) is 0 Å². The maximum absolute atomic E-state index is 4.35. The smallest absolute Gasteiger partial charge is 0.128 e. The average molecular weight is 243 g/mol. The lowest BCUT2D eigenvalue weighted by Gasteiger charge is -2.08. The highest BCUT2D eigenvalue weighted by molar-refractivity contribution is 5.44. The Balaban J connectivity index is 1.94. The van der Waals surface area contributed by atoms with Crippen LogP contribution in [-0.4, -0.2) is 9.55 Å². The van der Waals surface area contributed by atoms with Crippen LogP contribution >= 0.6 is 0 Å². The van der Waals surface area contributed by atoms with Gasteiger partial charge in [0.1, 0.15) is 5.82 Å².